The van der Waals surface area contributed by atoms with Crippen LogP contribution in [0.15, 0.2) is 29.4 Å². The Morgan fingerprint density at radius 2 is 2.15 bits per heavy atom. The van der Waals surface area contributed by atoms with E-state index in [1.807, 2.05) is 18.2 Å². The van der Waals surface area contributed by atoms with Crippen LogP contribution in [0.4, 0.5) is 0 Å². The summed E-state index contributed by atoms with van der Waals surface area (Å²) in [5, 5.41) is 0.0130. The molecule has 0 spiro atoms. The van der Waals surface area contributed by atoms with Gasteiger partial charge < -0.3 is 10.7 Å². The van der Waals surface area contributed by atoms with Crippen molar-refractivity contribution in [1.29, 1.82) is 0 Å². The van der Waals surface area contributed by atoms with Crippen molar-refractivity contribution >= 4 is 21.1 Å². The molecule has 20 heavy (non-hydrogen) atoms. The van der Waals surface area contributed by atoms with Crippen LogP contribution in [-0.4, -0.2) is 41.8 Å². The van der Waals surface area contributed by atoms with Crippen molar-refractivity contribution in [1.82, 2.24) is 14.3 Å². The average molecular weight is 294 g/mol. The molecule has 1 atom stereocenters. The van der Waals surface area contributed by atoms with Gasteiger partial charge in [-0.2, -0.15) is 4.31 Å². The molecule has 6 nitrogen and oxygen atoms in total. The molecule has 0 saturated carbocycles. The molecule has 1 unspecified atom stereocenters. The van der Waals surface area contributed by atoms with Gasteiger partial charge in [0.15, 0.2) is 0 Å². The zero-order valence-corrected chi connectivity index (χ0v) is 11.9. The second-order valence-corrected chi connectivity index (χ2v) is 6.87. The number of nitrogens with one attached hydrogen (secondary N) is 1. The quantitative estimate of drug-likeness (QED) is 0.885. The van der Waals surface area contributed by atoms with Crippen LogP contribution in [0, 0.1) is 0 Å². The van der Waals surface area contributed by atoms with E-state index in [2.05, 4.69) is 9.97 Å². The molecule has 7 heteroatoms. The van der Waals surface area contributed by atoms with E-state index in [-0.39, 0.29) is 11.2 Å². The van der Waals surface area contributed by atoms with Crippen molar-refractivity contribution in [2.75, 3.05) is 13.1 Å². The molecule has 0 bridgehead atoms. The van der Waals surface area contributed by atoms with Crippen molar-refractivity contribution in [3.05, 3.63) is 24.3 Å². The van der Waals surface area contributed by atoms with Gasteiger partial charge in [0, 0.05) is 19.1 Å². The SMILES string of the molecule is NCC1CCCCN1S(=O)(=O)c1nc2ccccc2[nH]1. The van der Waals surface area contributed by atoms with Crippen LogP contribution in [0.5, 0.6) is 0 Å². The third-order valence-corrected chi connectivity index (χ3v) is 5.55. The summed E-state index contributed by atoms with van der Waals surface area (Å²) in [6, 6.07) is 7.17. The van der Waals surface area contributed by atoms with Gasteiger partial charge in [0.2, 0.25) is 5.16 Å². The van der Waals surface area contributed by atoms with Crippen molar-refractivity contribution in [3.63, 3.8) is 0 Å². The molecule has 1 aliphatic heterocycles. The number of para-hydroxylation sites is 2. The smallest absolute Gasteiger partial charge is 0.277 e. The number of nitrogens with zero attached hydrogens (tertiary/aromatic N) is 2. The molecule has 108 valence electrons. The Morgan fingerprint density at radius 1 is 1.35 bits per heavy atom. The highest BCUT2D eigenvalue weighted by Crippen LogP contribution is 2.24. The summed E-state index contributed by atoms with van der Waals surface area (Å²) in [6.45, 7) is 0.862. The first-order valence-corrected chi connectivity index (χ1v) is 8.23. The molecule has 1 aliphatic rings. The molecular weight excluding hydrogens is 276 g/mol. The van der Waals surface area contributed by atoms with E-state index in [4.69, 9.17) is 5.73 Å². The lowest BCUT2D eigenvalue weighted by Crippen LogP contribution is -2.47. The number of benzene rings is 1. The van der Waals surface area contributed by atoms with E-state index in [1.54, 1.807) is 6.07 Å². The topological polar surface area (TPSA) is 92.1 Å². The van der Waals surface area contributed by atoms with Crippen molar-refractivity contribution in [2.24, 2.45) is 5.73 Å². The molecule has 1 aromatic heterocycles. The van der Waals surface area contributed by atoms with Gasteiger partial charge in [-0.05, 0) is 25.0 Å². The minimum absolute atomic E-state index is 0.0130. The number of rotatable bonds is 3. The summed E-state index contributed by atoms with van der Waals surface area (Å²) < 4.78 is 26.9. The van der Waals surface area contributed by atoms with Gasteiger partial charge in [0.1, 0.15) is 0 Å². The fourth-order valence-electron chi connectivity index (χ4n) is 2.69. The number of hydrogen-bond acceptors (Lipinski definition) is 4. The molecule has 3 rings (SSSR count). The largest absolute Gasteiger partial charge is 0.329 e. The summed E-state index contributed by atoms with van der Waals surface area (Å²) >= 11 is 0. The zero-order valence-electron chi connectivity index (χ0n) is 11.1. The lowest BCUT2D eigenvalue weighted by Gasteiger charge is -2.32. The summed E-state index contributed by atoms with van der Waals surface area (Å²) in [5.41, 5.74) is 7.10. The van der Waals surface area contributed by atoms with Crippen LogP contribution in [0.25, 0.3) is 11.0 Å². The number of piperidine rings is 1. The van der Waals surface area contributed by atoms with Crippen LogP contribution >= 0.6 is 0 Å². The summed E-state index contributed by atoms with van der Waals surface area (Å²) in [5.74, 6) is 0. The van der Waals surface area contributed by atoms with Crippen LogP contribution in [0.2, 0.25) is 0 Å². The fourth-order valence-corrected chi connectivity index (χ4v) is 4.32. The normalized spacial score (nSPS) is 21.4. The summed E-state index contributed by atoms with van der Waals surface area (Å²) in [4.78, 5) is 7.10. The molecule has 0 radical (unpaired) electrons. The number of aromatic nitrogens is 2. The van der Waals surface area contributed by atoms with Crippen LogP contribution in [0.1, 0.15) is 19.3 Å². The maximum Gasteiger partial charge on any atom is 0.277 e. The van der Waals surface area contributed by atoms with E-state index in [0.29, 0.717) is 18.6 Å². The van der Waals surface area contributed by atoms with Crippen LogP contribution in [-0.2, 0) is 10.0 Å². The van der Waals surface area contributed by atoms with E-state index in [1.165, 1.54) is 4.31 Å². The maximum atomic E-state index is 12.7. The Balaban J connectivity index is 2.01. The molecule has 0 aliphatic carbocycles. The number of hydrogen-bond donors (Lipinski definition) is 2. The first-order chi connectivity index (χ1) is 9.63. The lowest BCUT2D eigenvalue weighted by molar-refractivity contribution is 0.256. The molecule has 1 fully saturated rings. The highest BCUT2D eigenvalue weighted by molar-refractivity contribution is 7.89. The Morgan fingerprint density at radius 3 is 2.90 bits per heavy atom. The minimum Gasteiger partial charge on any atom is -0.329 e. The second kappa shape index (κ2) is 5.16. The third kappa shape index (κ3) is 2.21. The zero-order chi connectivity index (χ0) is 14.2. The van der Waals surface area contributed by atoms with Gasteiger partial charge >= 0.3 is 0 Å². The van der Waals surface area contributed by atoms with E-state index in [9.17, 15) is 8.42 Å². The summed E-state index contributed by atoms with van der Waals surface area (Å²) in [6.07, 6.45) is 2.71. The first kappa shape index (κ1) is 13.5. The Kier molecular flexibility index (Phi) is 3.49. The Hall–Kier alpha value is -1.44. The highest BCUT2D eigenvalue weighted by Gasteiger charge is 2.34. The van der Waals surface area contributed by atoms with Gasteiger partial charge in [-0.25, -0.2) is 13.4 Å². The fraction of sp³-hybridized carbons (Fsp3) is 0.462. The molecule has 1 saturated heterocycles. The van der Waals surface area contributed by atoms with Gasteiger partial charge in [0.05, 0.1) is 11.0 Å². The molecule has 2 heterocycles. The second-order valence-electron chi connectivity index (χ2n) is 5.06. The minimum atomic E-state index is -3.60. The van der Waals surface area contributed by atoms with Crippen molar-refractivity contribution in [2.45, 2.75) is 30.5 Å². The third-order valence-electron chi connectivity index (χ3n) is 3.77. The number of imidazole rings is 1. The van der Waals surface area contributed by atoms with Gasteiger partial charge in [-0.15, -0.1) is 0 Å². The van der Waals surface area contributed by atoms with Crippen LogP contribution < -0.4 is 5.73 Å². The number of H-pyrrole nitrogens is 1. The predicted octanol–water partition coefficient (Wildman–Crippen LogP) is 1.06. The van der Waals surface area contributed by atoms with E-state index < -0.39 is 10.0 Å². The Bertz CT molecular complexity index is 677. The lowest BCUT2D eigenvalue weighted by atomic mass is 10.1. The molecular formula is C13H18N4O2S. The number of fused-ring (bicyclic) bond motifs is 1. The molecule has 3 N–H and O–H groups in total. The van der Waals surface area contributed by atoms with Crippen LogP contribution in [0.3, 0.4) is 0 Å². The van der Waals surface area contributed by atoms with Gasteiger partial charge in [-0.3, -0.25) is 0 Å². The first-order valence-electron chi connectivity index (χ1n) is 6.79. The van der Waals surface area contributed by atoms with E-state index in [0.717, 1.165) is 24.8 Å². The number of sulfonamides is 1. The Labute approximate surface area is 118 Å². The number of aromatic amines is 1. The van der Waals surface area contributed by atoms with Gasteiger partial charge in [-0.1, -0.05) is 18.6 Å². The summed E-state index contributed by atoms with van der Waals surface area (Å²) in [7, 11) is -3.60. The maximum absolute atomic E-state index is 12.7. The molecule has 1 aromatic carbocycles. The monoisotopic (exact) mass is 294 g/mol. The number of nitrogens with two attached hydrogens (primary N) is 1. The van der Waals surface area contributed by atoms with Crippen molar-refractivity contribution < 1.29 is 8.42 Å². The predicted molar refractivity (Wildman–Crippen MR) is 76.7 cm³/mol. The molecule has 2 aromatic rings. The van der Waals surface area contributed by atoms with Crippen molar-refractivity contribution in [3.8, 4) is 0 Å². The van der Waals surface area contributed by atoms with E-state index >= 15 is 0 Å². The molecule has 0 amide bonds. The standard InChI is InChI=1S/C13H18N4O2S/c14-9-10-5-3-4-8-17(10)20(18,19)13-15-11-6-1-2-7-12(11)16-13/h1-2,6-7,10H,3-5,8-9,14H2,(H,15,16). The highest BCUT2D eigenvalue weighted by atomic mass is 32.2. The van der Waals surface area contributed by atoms with Gasteiger partial charge in [0.25, 0.3) is 10.0 Å². The average Bonchev–Trinajstić information content (AvgIpc) is 2.92.